The molecule has 2 rings (SSSR count). The third-order valence-corrected chi connectivity index (χ3v) is 2.90. The van der Waals surface area contributed by atoms with Gasteiger partial charge in [-0.25, -0.2) is 0 Å². The highest BCUT2D eigenvalue weighted by molar-refractivity contribution is 6.99. The van der Waals surface area contributed by atoms with Gasteiger partial charge in [0.05, 0.1) is 17.8 Å². The summed E-state index contributed by atoms with van der Waals surface area (Å²) >= 11 is 6.93. The minimum Gasteiger partial charge on any atom is -0.360 e. The number of anilines is 1. The lowest BCUT2D eigenvalue weighted by Crippen LogP contribution is -2.06. The van der Waals surface area contributed by atoms with Gasteiger partial charge in [-0.05, 0) is 24.6 Å². The maximum atomic E-state index is 5.83. The van der Waals surface area contributed by atoms with Crippen molar-refractivity contribution in [2.45, 2.75) is 13.0 Å². The number of nitrogens with zero attached hydrogens (tertiary/aromatic N) is 3. The Kier molecular flexibility index (Phi) is 3.13. The Morgan fingerprint density at radius 1 is 1.33 bits per heavy atom. The Morgan fingerprint density at radius 3 is 2.67 bits per heavy atom. The highest BCUT2D eigenvalue weighted by atomic mass is 35.5. The fraction of sp³-hybridized carbons (Fsp3) is 0.222. The van der Waals surface area contributed by atoms with Gasteiger partial charge in [0, 0.05) is 12.4 Å². The van der Waals surface area contributed by atoms with Crippen molar-refractivity contribution in [3.05, 3.63) is 35.2 Å². The van der Waals surface area contributed by atoms with Crippen molar-refractivity contribution in [2.24, 2.45) is 0 Å². The zero-order chi connectivity index (χ0) is 10.7. The van der Waals surface area contributed by atoms with Gasteiger partial charge < -0.3 is 5.32 Å². The maximum Gasteiger partial charge on any atom is 0.186 e. The molecule has 0 spiro atoms. The lowest BCUT2D eigenvalue weighted by Gasteiger charge is -2.12. The number of aromatic nitrogens is 3. The van der Waals surface area contributed by atoms with Gasteiger partial charge in [0.1, 0.15) is 0 Å². The molecule has 4 nitrogen and oxygen atoms in total. The number of nitrogens with one attached hydrogen (secondary N) is 1. The molecule has 0 bridgehead atoms. The number of rotatable bonds is 3. The maximum absolute atomic E-state index is 5.83. The van der Waals surface area contributed by atoms with Gasteiger partial charge >= 0.3 is 0 Å². The van der Waals surface area contributed by atoms with Crippen LogP contribution in [0, 0.1) is 0 Å². The summed E-state index contributed by atoms with van der Waals surface area (Å²) in [6, 6.07) is 4.03. The summed E-state index contributed by atoms with van der Waals surface area (Å²) < 4.78 is 7.94. The van der Waals surface area contributed by atoms with Gasteiger partial charge in [-0.15, -0.1) is 0 Å². The summed E-state index contributed by atoms with van der Waals surface area (Å²) in [5.74, 6) is 0.631. The second-order valence-corrected chi connectivity index (χ2v) is 3.94. The smallest absolute Gasteiger partial charge is 0.186 e. The van der Waals surface area contributed by atoms with Crippen molar-refractivity contribution >= 4 is 29.1 Å². The first-order valence-electron chi connectivity index (χ1n) is 4.42. The van der Waals surface area contributed by atoms with E-state index in [9.17, 15) is 0 Å². The molecule has 6 heteroatoms. The second-order valence-electron chi connectivity index (χ2n) is 3.05. The van der Waals surface area contributed by atoms with Gasteiger partial charge in [-0.2, -0.15) is 8.75 Å². The van der Waals surface area contributed by atoms with Crippen molar-refractivity contribution in [2.75, 3.05) is 5.32 Å². The highest BCUT2D eigenvalue weighted by Gasteiger charge is 2.10. The number of hydrogen-bond acceptors (Lipinski definition) is 5. The standard InChI is InChI=1S/C9H9ClN4S/c1-6(7-2-4-11-5-3-7)12-9-8(10)13-15-14-9/h2-6H,1H3,(H,12,14). The van der Waals surface area contributed by atoms with Crippen LogP contribution in [0.4, 0.5) is 5.82 Å². The van der Waals surface area contributed by atoms with E-state index < -0.39 is 0 Å². The highest BCUT2D eigenvalue weighted by Crippen LogP contribution is 2.23. The molecule has 1 atom stereocenters. The van der Waals surface area contributed by atoms with Gasteiger partial charge in [0.2, 0.25) is 0 Å². The van der Waals surface area contributed by atoms with Crippen molar-refractivity contribution in [3.8, 4) is 0 Å². The molecule has 0 saturated carbocycles. The first-order chi connectivity index (χ1) is 7.27. The van der Waals surface area contributed by atoms with Crippen LogP contribution in [-0.2, 0) is 0 Å². The minimum absolute atomic E-state index is 0.134. The van der Waals surface area contributed by atoms with Crippen LogP contribution in [0.1, 0.15) is 18.5 Å². The molecule has 0 saturated heterocycles. The van der Waals surface area contributed by atoms with E-state index in [-0.39, 0.29) is 6.04 Å². The van der Waals surface area contributed by atoms with E-state index in [1.54, 1.807) is 12.4 Å². The number of hydrogen-bond donors (Lipinski definition) is 1. The minimum atomic E-state index is 0.134. The van der Waals surface area contributed by atoms with E-state index >= 15 is 0 Å². The average molecular weight is 241 g/mol. The quantitative estimate of drug-likeness (QED) is 0.896. The Hall–Kier alpha value is -1.20. The van der Waals surface area contributed by atoms with Crippen LogP contribution in [0.5, 0.6) is 0 Å². The molecule has 2 aromatic heterocycles. The van der Waals surface area contributed by atoms with E-state index in [0.29, 0.717) is 11.0 Å². The van der Waals surface area contributed by atoms with Crippen LogP contribution in [-0.4, -0.2) is 13.7 Å². The molecule has 0 aromatic carbocycles. The van der Waals surface area contributed by atoms with E-state index in [1.807, 2.05) is 19.1 Å². The number of halogens is 1. The summed E-state index contributed by atoms with van der Waals surface area (Å²) in [6.45, 7) is 2.03. The molecule has 2 heterocycles. The molecule has 78 valence electrons. The molecular weight excluding hydrogens is 232 g/mol. The third kappa shape index (κ3) is 2.43. The molecule has 0 aliphatic rings. The SMILES string of the molecule is CC(Nc1nsnc1Cl)c1ccncc1. The number of pyridine rings is 1. The van der Waals surface area contributed by atoms with Crippen LogP contribution in [0.3, 0.4) is 0 Å². The summed E-state index contributed by atoms with van der Waals surface area (Å²) in [6.07, 6.45) is 3.52. The van der Waals surface area contributed by atoms with E-state index in [2.05, 4.69) is 19.0 Å². The van der Waals surface area contributed by atoms with E-state index in [1.165, 1.54) is 0 Å². The molecule has 0 fully saturated rings. The van der Waals surface area contributed by atoms with E-state index in [0.717, 1.165) is 17.3 Å². The Labute approximate surface area is 96.7 Å². The van der Waals surface area contributed by atoms with Gasteiger partial charge in [-0.3, -0.25) is 4.98 Å². The molecule has 1 N–H and O–H groups in total. The van der Waals surface area contributed by atoms with E-state index in [4.69, 9.17) is 11.6 Å². The summed E-state index contributed by atoms with van der Waals surface area (Å²) in [5, 5.41) is 3.60. The van der Waals surface area contributed by atoms with Gasteiger partial charge in [0.15, 0.2) is 11.0 Å². The molecule has 0 radical (unpaired) electrons. The monoisotopic (exact) mass is 240 g/mol. The normalized spacial score (nSPS) is 12.4. The predicted octanol–water partition coefficient (Wildman–Crippen LogP) is 2.76. The Balaban J connectivity index is 2.11. The van der Waals surface area contributed by atoms with Gasteiger partial charge in [0.25, 0.3) is 0 Å². The van der Waals surface area contributed by atoms with Crippen molar-refractivity contribution in [3.63, 3.8) is 0 Å². The van der Waals surface area contributed by atoms with Crippen LogP contribution in [0.15, 0.2) is 24.5 Å². The Bertz CT molecular complexity index is 431. The molecule has 2 aromatic rings. The average Bonchev–Trinajstić information content (AvgIpc) is 2.66. The molecule has 0 aliphatic heterocycles. The second kappa shape index (κ2) is 4.55. The van der Waals surface area contributed by atoms with Crippen LogP contribution in [0.25, 0.3) is 0 Å². The van der Waals surface area contributed by atoms with Crippen LogP contribution < -0.4 is 5.32 Å². The Morgan fingerprint density at radius 2 is 2.07 bits per heavy atom. The largest absolute Gasteiger partial charge is 0.360 e. The van der Waals surface area contributed by atoms with Crippen LogP contribution >= 0.6 is 23.3 Å². The first-order valence-corrected chi connectivity index (χ1v) is 5.52. The van der Waals surface area contributed by atoms with Crippen molar-refractivity contribution in [1.82, 2.24) is 13.7 Å². The molecule has 1 unspecified atom stereocenters. The fourth-order valence-corrected chi connectivity index (χ4v) is 1.86. The van der Waals surface area contributed by atoms with Crippen molar-refractivity contribution < 1.29 is 0 Å². The molecule has 15 heavy (non-hydrogen) atoms. The lowest BCUT2D eigenvalue weighted by atomic mass is 10.1. The zero-order valence-corrected chi connectivity index (χ0v) is 9.59. The van der Waals surface area contributed by atoms with Crippen LogP contribution in [0.2, 0.25) is 5.15 Å². The van der Waals surface area contributed by atoms with Gasteiger partial charge in [-0.1, -0.05) is 11.6 Å². The fourth-order valence-electron chi connectivity index (χ4n) is 1.20. The summed E-state index contributed by atoms with van der Waals surface area (Å²) in [4.78, 5) is 3.96. The summed E-state index contributed by atoms with van der Waals surface area (Å²) in [5.41, 5.74) is 1.13. The third-order valence-electron chi connectivity index (χ3n) is 2.01. The predicted molar refractivity (Wildman–Crippen MR) is 61.2 cm³/mol. The zero-order valence-electron chi connectivity index (χ0n) is 8.01. The summed E-state index contributed by atoms with van der Waals surface area (Å²) in [7, 11) is 0. The first kappa shape index (κ1) is 10.3. The van der Waals surface area contributed by atoms with Crippen molar-refractivity contribution in [1.29, 1.82) is 0 Å². The molecule has 0 amide bonds. The lowest BCUT2D eigenvalue weighted by molar-refractivity contribution is 0.875. The molecule has 0 aliphatic carbocycles. The topological polar surface area (TPSA) is 50.7 Å². The molecular formula is C9H9ClN4S.